The predicted octanol–water partition coefficient (Wildman–Crippen LogP) is -0.0877. The van der Waals surface area contributed by atoms with Crippen LogP contribution < -0.4 is 5.32 Å². The van der Waals surface area contributed by atoms with E-state index in [2.05, 4.69) is 10.4 Å². The van der Waals surface area contributed by atoms with Crippen LogP contribution in [-0.4, -0.2) is 38.5 Å². The van der Waals surface area contributed by atoms with E-state index in [1.54, 1.807) is 14.0 Å². The number of amides is 1. The maximum Gasteiger partial charge on any atom is 0.216 e. The fourth-order valence-corrected chi connectivity index (χ4v) is 1.82. The first-order valence-electron chi connectivity index (χ1n) is 5.14. The first-order valence-corrected chi connectivity index (χ1v) is 5.52. The van der Waals surface area contributed by atoms with Crippen LogP contribution in [0.4, 0.5) is 0 Å². The van der Waals surface area contributed by atoms with Crippen molar-refractivity contribution in [3.05, 3.63) is 16.4 Å². The lowest BCUT2D eigenvalue weighted by molar-refractivity contribution is -0.119. The van der Waals surface area contributed by atoms with Crippen molar-refractivity contribution in [1.82, 2.24) is 15.1 Å². The highest BCUT2D eigenvalue weighted by molar-refractivity contribution is 6.30. The number of aromatic nitrogens is 2. The third-order valence-corrected chi connectivity index (χ3v) is 2.86. The quantitative estimate of drug-likeness (QED) is 0.707. The van der Waals surface area contributed by atoms with Crippen LogP contribution in [0.2, 0.25) is 5.15 Å². The maximum absolute atomic E-state index is 10.7. The minimum atomic E-state index is -1.18. The van der Waals surface area contributed by atoms with Crippen LogP contribution >= 0.6 is 11.6 Å². The lowest BCUT2D eigenvalue weighted by atomic mass is 10.1. The van der Waals surface area contributed by atoms with E-state index in [9.17, 15) is 15.0 Å². The smallest absolute Gasteiger partial charge is 0.216 e. The molecule has 1 aromatic heterocycles. The molecular weight excluding hydrogens is 246 g/mol. The highest BCUT2D eigenvalue weighted by atomic mass is 35.5. The molecule has 2 atom stereocenters. The first kappa shape index (κ1) is 14.0. The van der Waals surface area contributed by atoms with E-state index in [1.807, 2.05) is 0 Å². The van der Waals surface area contributed by atoms with E-state index in [4.69, 9.17) is 11.6 Å². The van der Waals surface area contributed by atoms with Crippen LogP contribution in [0.25, 0.3) is 0 Å². The Kier molecular flexibility index (Phi) is 4.50. The van der Waals surface area contributed by atoms with Crippen molar-refractivity contribution in [2.75, 3.05) is 6.54 Å². The number of hydrogen-bond donors (Lipinski definition) is 3. The molecule has 2 unspecified atom stereocenters. The topological polar surface area (TPSA) is 87.4 Å². The van der Waals surface area contributed by atoms with Gasteiger partial charge in [0.2, 0.25) is 5.91 Å². The fraction of sp³-hybridized carbons (Fsp3) is 0.600. The number of halogens is 1. The van der Waals surface area contributed by atoms with Crippen LogP contribution in [-0.2, 0) is 11.8 Å². The van der Waals surface area contributed by atoms with Crippen LogP contribution in [0.1, 0.15) is 24.3 Å². The van der Waals surface area contributed by atoms with Crippen molar-refractivity contribution < 1.29 is 15.0 Å². The number of nitrogens with zero attached hydrogens (tertiary/aromatic N) is 2. The molecular formula is C10H16ClN3O3. The van der Waals surface area contributed by atoms with E-state index >= 15 is 0 Å². The largest absolute Gasteiger partial charge is 0.388 e. The third-order valence-electron chi connectivity index (χ3n) is 2.42. The van der Waals surface area contributed by atoms with Gasteiger partial charge < -0.3 is 15.5 Å². The molecule has 1 aromatic rings. The molecule has 7 heteroatoms. The average Bonchev–Trinajstić information content (AvgIpc) is 2.49. The second-order valence-electron chi connectivity index (χ2n) is 3.86. The highest BCUT2D eigenvalue weighted by Gasteiger charge is 2.25. The van der Waals surface area contributed by atoms with Gasteiger partial charge in [-0.1, -0.05) is 11.6 Å². The maximum atomic E-state index is 10.7. The molecule has 0 saturated heterocycles. The van der Waals surface area contributed by atoms with Crippen LogP contribution in [0.3, 0.4) is 0 Å². The van der Waals surface area contributed by atoms with Gasteiger partial charge in [0, 0.05) is 26.1 Å². The molecule has 0 saturated carbocycles. The van der Waals surface area contributed by atoms with Crippen molar-refractivity contribution in [2.45, 2.75) is 26.1 Å². The normalized spacial score (nSPS) is 14.5. The lowest BCUT2D eigenvalue weighted by Gasteiger charge is -2.18. The summed E-state index contributed by atoms with van der Waals surface area (Å²) in [4.78, 5) is 10.7. The molecule has 0 radical (unpaired) electrons. The Morgan fingerprint density at radius 3 is 2.59 bits per heavy atom. The van der Waals surface area contributed by atoms with Crippen molar-refractivity contribution in [3.8, 4) is 0 Å². The summed E-state index contributed by atoms with van der Waals surface area (Å²) in [6, 6.07) is 0. The zero-order valence-corrected chi connectivity index (χ0v) is 10.7. The Morgan fingerprint density at radius 2 is 2.18 bits per heavy atom. The van der Waals surface area contributed by atoms with E-state index in [0.29, 0.717) is 11.3 Å². The number of nitrogens with one attached hydrogen (secondary N) is 1. The lowest BCUT2D eigenvalue weighted by Crippen LogP contribution is -2.34. The van der Waals surface area contributed by atoms with Crippen molar-refractivity contribution >= 4 is 17.5 Å². The number of aliphatic hydroxyl groups is 2. The second-order valence-corrected chi connectivity index (χ2v) is 4.22. The number of aryl methyl sites for hydroxylation is 2. The molecule has 96 valence electrons. The summed E-state index contributed by atoms with van der Waals surface area (Å²) in [5, 5.41) is 26.4. The molecule has 1 heterocycles. The highest BCUT2D eigenvalue weighted by Crippen LogP contribution is 2.27. The zero-order chi connectivity index (χ0) is 13.2. The molecule has 0 aliphatic carbocycles. The van der Waals surface area contributed by atoms with Gasteiger partial charge in [0.25, 0.3) is 0 Å². The summed E-state index contributed by atoms with van der Waals surface area (Å²) < 4.78 is 1.42. The van der Waals surface area contributed by atoms with Gasteiger partial charge in [-0.25, -0.2) is 0 Å². The predicted molar refractivity (Wildman–Crippen MR) is 62.6 cm³/mol. The van der Waals surface area contributed by atoms with Gasteiger partial charge in [-0.15, -0.1) is 0 Å². The van der Waals surface area contributed by atoms with Gasteiger partial charge in [-0.3, -0.25) is 9.48 Å². The Hall–Kier alpha value is -1.11. The van der Waals surface area contributed by atoms with Gasteiger partial charge in [-0.2, -0.15) is 5.10 Å². The van der Waals surface area contributed by atoms with Crippen molar-refractivity contribution in [1.29, 1.82) is 0 Å². The van der Waals surface area contributed by atoms with E-state index in [1.165, 1.54) is 11.6 Å². The van der Waals surface area contributed by atoms with E-state index in [-0.39, 0.29) is 17.6 Å². The van der Waals surface area contributed by atoms with Crippen molar-refractivity contribution in [3.63, 3.8) is 0 Å². The van der Waals surface area contributed by atoms with Crippen LogP contribution in [0.5, 0.6) is 0 Å². The molecule has 17 heavy (non-hydrogen) atoms. The van der Waals surface area contributed by atoms with E-state index in [0.717, 1.165) is 0 Å². The van der Waals surface area contributed by atoms with Gasteiger partial charge >= 0.3 is 0 Å². The minimum absolute atomic E-state index is 0.0405. The monoisotopic (exact) mass is 261 g/mol. The summed E-state index contributed by atoms with van der Waals surface area (Å²) in [7, 11) is 1.64. The molecule has 0 aliphatic heterocycles. The van der Waals surface area contributed by atoms with Crippen molar-refractivity contribution in [2.24, 2.45) is 7.05 Å². The second kappa shape index (κ2) is 5.48. The van der Waals surface area contributed by atoms with Crippen LogP contribution in [0, 0.1) is 6.92 Å². The first-order chi connectivity index (χ1) is 7.84. The summed E-state index contributed by atoms with van der Waals surface area (Å²) >= 11 is 5.96. The zero-order valence-electron chi connectivity index (χ0n) is 9.94. The molecule has 6 nitrogen and oxygen atoms in total. The van der Waals surface area contributed by atoms with Crippen LogP contribution in [0.15, 0.2) is 0 Å². The SMILES string of the molecule is CC(=O)NCC(O)C(O)c1c(C)nn(C)c1Cl. The van der Waals surface area contributed by atoms with Gasteiger partial charge in [-0.05, 0) is 6.92 Å². The Morgan fingerprint density at radius 1 is 1.59 bits per heavy atom. The molecule has 1 amide bonds. The molecule has 1 rings (SSSR count). The molecule has 0 spiro atoms. The molecule has 0 fully saturated rings. The third kappa shape index (κ3) is 3.18. The van der Waals surface area contributed by atoms with Gasteiger partial charge in [0.15, 0.2) is 0 Å². The number of rotatable bonds is 4. The Bertz CT molecular complexity index is 419. The summed E-state index contributed by atoms with van der Waals surface area (Å²) in [5.41, 5.74) is 0.930. The molecule has 0 bridgehead atoms. The minimum Gasteiger partial charge on any atom is -0.388 e. The van der Waals surface area contributed by atoms with Gasteiger partial charge in [0.1, 0.15) is 17.4 Å². The van der Waals surface area contributed by atoms with Gasteiger partial charge in [0.05, 0.1) is 5.69 Å². The Labute approximate surface area is 104 Å². The molecule has 0 aromatic carbocycles. The molecule has 3 N–H and O–H groups in total. The standard InChI is InChI=1S/C10H16ClN3O3/c1-5-8(10(11)14(3)13-5)9(17)7(16)4-12-6(2)15/h7,9,16-17H,4H2,1-3H3,(H,12,15). The fourth-order valence-electron chi connectivity index (χ4n) is 1.53. The number of carbonyl (C=O) groups excluding carboxylic acids is 1. The number of hydrogen-bond acceptors (Lipinski definition) is 4. The molecule has 0 aliphatic rings. The number of aliphatic hydroxyl groups excluding tert-OH is 2. The van der Waals surface area contributed by atoms with E-state index < -0.39 is 12.2 Å². The summed E-state index contributed by atoms with van der Waals surface area (Å²) in [5.74, 6) is -0.273. The summed E-state index contributed by atoms with van der Waals surface area (Å²) in [6.07, 6.45) is -2.30. The summed E-state index contributed by atoms with van der Waals surface area (Å²) in [6.45, 7) is 2.98. The Balaban J connectivity index is 2.81. The average molecular weight is 262 g/mol. The number of carbonyl (C=O) groups is 1.